The zero-order valence-corrected chi connectivity index (χ0v) is 10.5. The zero-order chi connectivity index (χ0) is 11.8. The highest BCUT2D eigenvalue weighted by molar-refractivity contribution is 5.72. The first-order valence-electron chi connectivity index (χ1n) is 6.05. The molecule has 0 aromatic rings. The highest BCUT2D eigenvalue weighted by Gasteiger charge is 2.26. The van der Waals surface area contributed by atoms with Gasteiger partial charge in [0.1, 0.15) is 0 Å². The van der Waals surface area contributed by atoms with Crippen LogP contribution in [0.2, 0.25) is 0 Å². The molecule has 2 unspecified atom stereocenters. The monoisotopic (exact) mass is 215 g/mol. The Bertz CT molecular complexity index is 180. The van der Waals surface area contributed by atoms with Gasteiger partial charge in [-0.1, -0.05) is 20.3 Å². The highest BCUT2D eigenvalue weighted by Crippen LogP contribution is 2.24. The van der Waals surface area contributed by atoms with Crippen molar-refractivity contribution in [1.29, 1.82) is 0 Å². The predicted octanol–water partition coefficient (Wildman–Crippen LogP) is 2.48. The molecule has 0 aromatic carbocycles. The molecule has 0 bridgehead atoms. The minimum atomic E-state index is -0.0647. The molecule has 0 radical (unpaired) electrons. The van der Waals surface area contributed by atoms with Gasteiger partial charge in [0.15, 0.2) is 0 Å². The maximum Gasteiger partial charge on any atom is 0.309 e. The number of hydrogen-bond acceptors (Lipinski definition) is 3. The Hall–Kier alpha value is -0.570. The fourth-order valence-corrected chi connectivity index (χ4v) is 1.77. The second-order valence-electron chi connectivity index (χ2n) is 4.11. The van der Waals surface area contributed by atoms with Gasteiger partial charge in [-0.15, -0.1) is 0 Å². The molecule has 1 aliphatic carbocycles. The summed E-state index contributed by atoms with van der Waals surface area (Å²) in [5, 5.41) is 0. The Kier molecular flexibility index (Phi) is 7.39. The van der Waals surface area contributed by atoms with Crippen molar-refractivity contribution in [3.8, 4) is 0 Å². The maximum atomic E-state index is 11.5. The third-order valence-corrected chi connectivity index (χ3v) is 2.40. The first kappa shape index (κ1) is 14.4. The number of ether oxygens (including phenoxy) is 1. The molecule has 0 heterocycles. The molecule has 1 saturated carbocycles. The first-order chi connectivity index (χ1) is 7.09. The summed E-state index contributed by atoms with van der Waals surface area (Å²) in [6.07, 6.45) is 3.83. The van der Waals surface area contributed by atoms with Crippen LogP contribution in [-0.2, 0) is 9.53 Å². The Balaban J connectivity index is 0.000000921. The highest BCUT2D eigenvalue weighted by atomic mass is 16.5. The lowest BCUT2D eigenvalue weighted by molar-refractivity contribution is -0.153. The third-order valence-electron chi connectivity index (χ3n) is 2.40. The van der Waals surface area contributed by atoms with E-state index in [4.69, 9.17) is 10.5 Å². The number of hydrogen-bond donors (Lipinski definition) is 1. The van der Waals surface area contributed by atoms with Gasteiger partial charge in [-0.2, -0.15) is 0 Å². The zero-order valence-electron chi connectivity index (χ0n) is 10.5. The molecule has 0 saturated heterocycles. The van der Waals surface area contributed by atoms with Crippen molar-refractivity contribution < 1.29 is 9.53 Å². The molecule has 0 spiro atoms. The fraction of sp³-hybridized carbons (Fsp3) is 0.917. The molecule has 15 heavy (non-hydrogen) atoms. The van der Waals surface area contributed by atoms with E-state index in [0.717, 1.165) is 25.7 Å². The van der Waals surface area contributed by atoms with E-state index in [9.17, 15) is 4.79 Å². The second-order valence-corrected chi connectivity index (χ2v) is 4.11. The lowest BCUT2D eigenvalue weighted by atomic mass is 9.86. The summed E-state index contributed by atoms with van der Waals surface area (Å²) >= 11 is 0. The van der Waals surface area contributed by atoms with Crippen molar-refractivity contribution in [2.75, 3.05) is 0 Å². The Morgan fingerprint density at radius 3 is 2.40 bits per heavy atom. The quantitative estimate of drug-likeness (QED) is 0.720. The van der Waals surface area contributed by atoms with Gasteiger partial charge in [0.25, 0.3) is 0 Å². The van der Waals surface area contributed by atoms with Crippen LogP contribution in [0.5, 0.6) is 0 Å². The van der Waals surface area contributed by atoms with E-state index in [-0.39, 0.29) is 24.0 Å². The van der Waals surface area contributed by atoms with Gasteiger partial charge in [-0.3, -0.25) is 4.79 Å². The van der Waals surface area contributed by atoms with Crippen molar-refractivity contribution in [2.24, 2.45) is 11.7 Å². The molecule has 1 rings (SSSR count). The molecule has 90 valence electrons. The molecule has 2 N–H and O–H groups in total. The summed E-state index contributed by atoms with van der Waals surface area (Å²) in [6.45, 7) is 7.75. The minimum Gasteiger partial charge on any atom is -0.463 e. The average molecular weight is 215 g/mol. The molecule has 3 heteroatoms. The molecular formula is C12H25NO2. The first-order valence-corrected chi connectivity index (χ1v) is 6.05. The smallest absolute Gasteiger partial charge is 0.309 e. The number of carbonyl (C=O) groups excluding carboxylic acids is 1. The van der Waals surface area contributed by atoms with Crippen LogP contribution in [0, 0.1) is 5.92 Å². The van der Waals surface area contributed by atoms with Gasteiger partial charge in [0, 0.05) is 6.04 Å². The molecule has 0 aromatic heterocycles. The fourth-order valence-electron chi connectivity index (χ4n) is 1.77. The predicted molar refractivity (Wildman–Crippen MR) is 62.5 cm³/mol. The van der Waals surface area contributed by atoms with E-state index < -0.39 is 0 Å². The van der Waals surface area contributed by atoms with Crippen LogP contribution in [-0.4, -0.2) is 18.1 Å². The van der Waals surface area contributed by atoms with Crippen LogP contribution in [0.1, 0.15) is 53.4 Å². The molecule has 3 nitrogen and oxygen atoms in total. The van der Waals surface area contributed by atoms with E-state index in [2.05, 4.69) is 0 Å². The second kappa shape index (κ2) is 7.69. The van der Waals surface area contributed by atoms with Crippen LogP contribution in [0.15, 0.2) is 0 Å². The summed E-state index contributed by atoms with van der Waals surface area (Å²) in [5.74, 6) is -0.0173. The van der Waals surface area contributed by atoms with Crippen LogP contribution in [0.3, 0.4) is 0 Å². The van der Waals surface area contributed by atoms with Gasteiger partial charge in [-0.05, 0) is 33.1 Å². The molecule has 0 amide bonds. The van der Waals surface area contributed by atoms with Crippen LogP contribution >= 0.6 is 0 Å². The summed E-state index contributed by atoms with van der Waals surface area (Å²) in [7, 11) is 0. The van der Waals surface area contributed by atoms with Gasteiger partial charge in [0.05, 0.1) is 12.0 Å². The normalized spacial score (nSPS) is 25.5. The van der Waals surface area contributed by atoms with Crippen molar-refractivity contribution in [3.63, 3.8) is 0 Å². The average Bonchev–Trinajstić information content (AvgIpc) is 2.20. The van der Waals surface area contributed by atoms with E-state index in [1.54, 1.807) is 0 Å². The van der Waals surface area contributed by atoms with Crippen molar-refractivity contribution >= 4 is 5.97 Å². The van der Waals surface area contributed by atoms with E-state index in [1.165, 1.54) is 0 Å². The summed E-state index contributed by atoms with van der Waals surface area (Å²) in [4.78, 5) is 11.5. The van der Waals surface area contributed by atoms with E-state index in [0.29, 0.717) is 0 Å². The van der Waals surface area contributed by atoms with Crippen molar-refractivity contribution in [3.05, 3.63) is 0 Å². The van der Waals surface area contributed by atoms with Gasteiger partial charge in [-0.25, -0.2) is 0 Å². The number of nitrogens with two attached hydrogens (primary N) is 1. The molecule has 1 fully saturated rings. The SMILES string of the molecule is CC.CC(C)OC(=O)C1CCCC(N)C1. The summed E-state index contributed by atoms with van der Waals surface area (Å²) in [6, 6.07) is 0.193. The van der Waals surface area contributed by atoms with Crippen LogP contribution < -0.4 is 5.73 Å². The summed E-state index contributed by atoms with van der Waals surface area (Å²) in [5.41, 5.74) is 5.79. The van der Waals surface area contributed by atoms with Gasteiger partial charge >= 0.3 is 5.97 Å². The third kappa shape index (κ3) is 5.78. The maximum absolute atomic E-state index is 11.5. The summed E-state index contributed by atoms with van der Waals surface area (Å²) < 4.78 is 5.14. The molecule has 0 aliphatic heterocycles. The lowest BCUT2D eigenvalue weighted by Gasteiger charge is -2.25. The number of carbonyl (C=O) groups is 1. The van der Waals surface area contributed by atoms with E-state index >= 15 is 0 Å². The Morgan fingerprint density at radius 2 is 1.93 bits per heavy atom. The van der Waals surface area contributed by atoms with Crippen LogP contribution in [0.4, 0.5) is 0 Å². The topological polar surface area (TPSA) is 52.3 Å². The molecular weight excluding hydrogens is 190 g/mol. The van der Waals surface area contributed by atoms with E-state index in [1.807, 2.05) is 27.7 Å². The number of esters is 1. The number of rotatable bonds is 2. The van der Waals surface area contributed by atoms with Crippen molar-refractivity contribution in [1.82, 2.24) is 0 Å². The lowest BCUT2D eigenvalue weighted by Crippen LogP contribution is -2.33. The minimum absolute atomic E-state index is 0.00866. The van der Waals surface area contributed by atoms with Gasteiger partial charge < -0.3 is 10.5 Å². The van der Waals surface area contributed by atoms with Crippen LogP contribution in [0.25, 0.3) is 0 Å². The van der Waals surface area contributed by atoms with Gasteiger partial charge in [0.2, 0.25) is 0 Å². The molecule has 2 atom stereocenters. The largest absolute Gasteiger partial charge is 0.463 e. The Morgan fingerprint density at radius 1 is 1.33 bits per heavy atom. The molecule has 1 aliphatic rings. The standard InChI is InChI=1S/C10H19NO2.C2H6/c1-7(2)13-10(12)8-4-3-5-9(11)6-8;1-2/h7-9H,3-6,11H2,1-2H3;1-2H3. The Labute approximate surface area is 93.4 Å². The van der Waals surface area contributed by atoms with Crippen molar-refractivity contribution in [2.45, 2.75) is 65.5 Å².